The molecule has 1 aromatic carbocycles. The molecular formula is C25H31ClFN3O4. The highest BCUT2D eigenvalue weighted by molar-refractivity contribution is 6.33. The summed E-state index contributed by atoms with van der Waals surface area (Å²) in [5, 5.41) is 4.34. The zero-order valence-electron chi connectivity index (χ0n) is 20.6. The third-order valence-corrected chi connectivity index (χ3v) is 5.62. The highest BCUT2D eigenvalue weighted by Gasteiger charge is 2.24. The van der Waals surface area contributed by atoms with Gasteiger partial charge in [0.15, 0.2) is 11.6 Å². The number of nitrogens with zero attached hydrogens (tertiary/aromatic N) is 2. The van der Waals surface area contributed by atoms with Gasteiger partial charge < -0.3 is 19.4 Å². The number of hydrogen-bond donors (Lipinski definition) is 1. The molecule has 0 spiro atoms. The Labute approximate surface area is 203 Å². The number of ether oxygens (including phenoxy) is 2. The highest BCUT2D eigenvalue weighted by Crippen LogP contribution is 2.36. The topological polar surface area (TPSA) is 82.5 Å². The molecule has 1 amide bonds. The summed E-state index contributed by atoms with van der Waals surface area (Å²) in [4.78, 5) is 29.4. The number of amides is 1. The van der Waals surface area contributed by atoms with Crippen LogP contribution < -0.4 is 15.6 Å². The quantitative estimate of drug-likeness (QED) is 0.460. The van der Waals surface area contributed by atoms with E-state index in [0.717, 1.165) is 0 Å². The largest absolute Gasteiger partial charge is 0.487 e. The molecule has 0 aliphatic heterocycles. The molecule has 7 nitrogen and oxygen atoms in total. The summed E-state index contributed by atoms with van der Waals surface area (Å²) in [5.74, 6) is -0.669. The van der Waals surface area contributed by atoms with Gasteiger partial charge >= 0.3 is 6.09 Å². The first-order valence-corrected chi connectivity index (χ1v) is 11.6. The minimum atomic E-state index is -0.737. The molecule has 0 bridgehead atoms. The summed E-state index contributed by atoms with van der Waals surface area (Å²) in [6.45, 7) is 11.0. The fraction of sp³-hybridized carbons (Fsp3) is 0.480. The van der Waals surface area contributed by atoms with Crippen molar-refractivity contribution in [3.63, 3.8) is 0 Å². The molecular weight excluding hydrogens is 461 g/mol. The first-order valence-electron chi connectivity index (χ1n) is 11.2. The molecule has 0 saturated carbocycles. The van der Waals surface area contributed by atoms with E-state index >= 15 is 4.39 Å². The number of nitrogens with one attached hydrogen (secondary N) is 1. The number of fused-ring (bicyclic) bond motifs is 3. The minimum absolute atomic E-state index is 0.0237. The number of halogens is 2. The summed E-state index contributed by atoms with van der Waals surface area (Å²) < 4.78 is 28.1. The van der Waals surface area contributed by atoms with E-state index in [4.69, 9.17) is 21.1 Å². The Kier molecular flexibility index (Phi) is 7.41. The van der Waals surface area contributed by atoms with Gasteiger partial charge in [-0.3, -0.25) is 9.78 Å². The Hall–Kier alpha value is -2.87. The van der Waals surface area contributed by atoms with Gasteiger partial charge in [-0.25, -0.2) is 9.18 Å². The van der Waals surface area contributed by atoms with Crippen LogP contribution in [0.15, 0.2) is 23.1 Å². The predicted molar refractivity (Wildman–Crippen MR) is 132 cm³/mol. The molecule has 9 heteroatoms. The van der Waals surface area contributed by atoms with Crippen LogP contribution in [0.5, 0.6) is 5.75 Å². The van der Waals surface area contributed by atoms with Crippen LogP contribution >= 0.6 is 11.6 Å². The molecule has 0 aliphatic rings. The van der Waals surface area contributed by atoms with Gasteiger partial charge in [-0.2, -0.15) is 0 Å². The molecule has 34 heavy (non-hydrogen) atoms. The lowest BCUT2D eigenvalue weighted by molar-refractivity contribution is 0.0479. The summed E-state index contributed by atoms with van der Waals surface area (Å²) in [5.41, 5.74) is -0.364. The van der Waals surface area contributed by atoms with E-state index in [2.05, 4.69) is 10.3 Å². The van der Waals surface area contributed by atoms with E-state index in [-0.39, 0.29) is 34.4 Å². The number of alkyl carbamates (subject to hydrolysis) is 1. The van der Waals surface area contributed by atoms with Crippen molar-refractivity contribution < 1.29 is 18.7 Å². The Bertz CT molecular complexity index is 1300. The molecule has 184 valence electrons. The second kappa shape index (κ2) is 9.78. The molecule has 0 saturated heterocycles. The van der Waals surface area contributed by atoms with Gasteiger partial charge in [-0.1, -0.05) is 25.4 Å². The monoisotopic (exact) mass is 491 g/mol. The number of carbonyl (C=O) groups excluding carboxylic acids is 1. The summed E-state index contributed by atoms with van der Waals surface area (Å²) >= 11 is 6.44. The maximum Gasteiger partial charge on any atom is 0.407 e. The highest BCUT2D eigenvalue weighted by atomic mass is 35.5. The predicted octanol–water partition coefficient (Wildman–Crippen LogP) is 5.51. The standard InChI is InChI=1S/C25H31ClFN3O4/c1-13(2)10-15(29-24(32)34-25(4,5)6)12-33-22-18(26)11-17-16-8-9-28-14(3)19(16)23(31)30(7)21(17)20(22)27/h8-9,11,13,15H,10,12H2,1-7H3,(H,29,32)/t15-/m0/s1. The van der Waals surface area contributed by atoms with Gasteiger partial charge in [-0.15, -0.1) is 0 Å². The van der Waals surface area contributed by atoms with Crippen LogP contribution in [-0.2, 0) is 11.8 Å². The van der Waals surface area contributed by atoms with Crippen LogP contribution in [0.2, 0.25) is 5.02 Å². The van der Waals surface area contributed by atoms with E-state index in [0.29, 0.717) is 28.3 Å². The average molecular weight is 492 g/mol. The van der Waals surface area contributed by atoms with E-state index in [1.54, 1.807) is 46.0 Å². The van der Waals surface area contributed by atoms with E-state index < -0.39 is 23.6 Å². The first kappa shape index (κ1) is 25.7. The summed E-state index contributed by atoms with van der Waals surface area (Å²) in [6.07, 6.45) is 1.58. The van der Waals surface area contributed by atoms with Crippen molar-refractivity contribution in [1.29, 1.82) is 0 Å². The fourth-order valence-electron chi connectivity index (χ4n) is 3.98. The van der Waals surface area contributed by atoms with Gasteiger partial charge in [-0.05, 0) is 52.2 Å². The molecule has 1 atom stereocenters. The molecule has 0 unspecified atom stereocenters. The molecule has 3 rings (SSSR count). The molecule has 2 heterocycles. The smallest absolute Gasteiger partial charge is 0.407 e. The minimum Gasteiger partial charge on any atom is -0.487 e. The Morgan fingerprint density at radius 1 is 1.29 bits per heavy atom. The Morgan fingerprint density at radius 3 is 2.59 bits per heavy atom. The Morgan fingerprint density at radius 2 is 1.97 bits per heavy atom. The van der Waals surface area contributed by atoms with E-state index in [1.165, 1.54) is 11.6 Å². The second-order valence-corrected chi connectivity index (χ2v) is 10.3. The molecule has 0 aliphatic carbocycles. The lowest BCUT2D eigenvalue weighted by Gasteiger charge is -2.25. The van der Waals surface area contributed by atoms with Gasteiger partial charge in [0.25, 0.3) is 5.56 Å². The molecule has 1 N–H and O–H groups in total. The number of aryl methyl sites for hydroxylation is 2. The molecule has 2 aromatic heterocycles. The van der Waals surface area contributed by atoms with Crippen molar-refractivity contribution in [2.75, 3.05) is 6.61 Å². The first-order chi connectivity index (χ1) is 15.8. The lowest BCUT2D eigenvalue weighted by Crippen LogP contribution is -2.42. The summed E-state index contributed by atoms with van der Waals surface area (Å²) in [7, 11) is 1.50. The fourth-order valence-corrected chi connectivity index (χ4v) is 4.23. The molecule has 3 aromatic rings. The van der Waals surface area contributed by atoms with Crippen LogP contribution in [-0.4, -0.2) is 33.9 Å². The average Bonchev–Trinajstić information content (AvgIpc) is 2.69. The van der Waals surface area contributed by atoms with Crippen molar-refractivity contribution in [2.45, 2.75) is 59.6 Å². The maximum atomic E-state index is 15.7. The van der Waals surface area contributed by atoms with Gasteiger partial charge in [0.2, 0.25) is 0 Å². The number of pyridine rings is 2. The molecule has 0 fully saturated rings. The maximum absolute atomic E-state index is 15.7. The van der Waals surface area contributed by atoms with Crippen molar-refractivity contribution in [2.24, 2.45) is 13.0 Å². The van der Waals surface area contributed by atoms with Gasteiger partial charge in [0.1, 0.15) is 12.2 Å². The third-order valence-electron chi connectivity index (χ3n) is 5.34. The van der Waals surface area contributed by atoms with E-state index in [9.17, 15) is 9.59 Å². The third kappa shape index (κ3) is 5.43. The van der Waals surface area contributed by atoms with Crippen molar-refractivity contribution in [1.82, 2.24) is 14.9 Å². The van der Waals surface area contributed by atoms with Crippen LogP contribution in [0.3, 0.4) is 0 Å². The van der Waals surface area contributed by atoms with Gasteiger partial charge in [0, 0.05) is 24.0 Å². The number of carbonyl (C=O) groups is 1. The van der Waals surface area contributed by atoms with Gasteiger partial charge in [0.05, 0.1) is 27.7 Å². The molecule has 0 radical (unpaired) electrons. The van der Waals surface area contributed by atoms with Crippen molar-refractivity contribution in [3.8, 4) is 5.75 Å². The normalized spacial score (nSPS) is 12.9. The number of benzene rings is 1. The van der Waals surface area contributed by atoms with E-state index in [1.807, 2.05) is 13.8 Å². The van der Waals surface area contributed by atoms with Crippen molar-refractivity contribution >= 4 is 39.4 Å². The zero-order chi connectivity index (χ0) is 25.4. The van der Waals surface area contributed by atoms with Crippen LogP contribution in [0.4, 0.5) is 9.18 Å². The van der Waals surface area contributed by atoms with Crippen molar-refractivity contribution in [3.05, 3.63) is 45.2 Å². The SMILES string of the molecule is Cc1nccc2c1c(=O)n(C)c1c(F)c(OC[C@H](CC(C)C)NC(=O)OC(C)(C)C)c(Cl)cc21. The lowest BCUT2D eigenvalue weighted by atomic mass is 10.0. The number of aromatic nitrogens is 2. The van der Waals surface area contributed by atoms with Crippen LogP contribution in [0, 0.1) is 18.7 Å². The number of rotatable bonds is 6. The van der Waals surface area contributed by atoms with Crippen LogP contribution in [0.1, 0.15) is 46.7 Å². The number of hydrogen-bond acceptors (Lipinski definition) is 5. The second-order valence-electron chi connectivity index (χ2n) is 9.86. The van der Waals surface area contributed by atoms with Crippen LogP contribution in [0.25, 0.3) is 21.7 Å². The summed E-state index contributed by atoms with van der Waals surface area (Å²) in [6, 6.07) is 2.83. The Balaban J connectivity index is 1.99. The zero-order valence-corrected chi connectivity index (χ0v) is 21.3.